The predicted octanol–water partition coefficient (Wildman–Crippen LogP) is 3.29. The van der Waals surface area contributed by atoms with Crippen molar-refractivity contribution in [1.82, 2.24) is 19.8 Å². The number of hydrogen-bond acceptors (Lipinski definition) is 6. The van der Waals surface area contributed by atoms with Crippen LogP contribution in [0.2, 0.25) is 0 Å². The average Bonchev–Trinajstić information content (AvgIpc) is 3.23. The quantitative estimate of drug-likeness (QED) is 0.747. The number of anilines is 2. The van der Waals surface area contributed by atoms with E-state index in [4.69, 9.17) is 14.7 Å². The summed E-state index contributed by atoms with van der Waals surface area (Å²) in [6.07, 6.45) is 10.0. The van der Waals surface area contributed by atoms with Crippen molar-refractivity contribution in [2.24, 2.45) is 10.9 Å². The maximum absolute atomic E-state index is 5.54. The highest BCUT2D eigenvalue weighted by atomic mass is 16.5. The summed E-state index contributed by atoms with van der Waals surface area (Å²) in [5.41, 5.74) is 5.83. The van der Waals surface area contributed by atoms with Gasteiger partial charge in [0, 0.05) is 56.1 Å². The van der Waals surface area contributed by atoms with Gasteiger partial charge in [-0.25, -0.2) is 19.4 Å². The van der Waals surface area contributed by atoms with Crippen LogP contribution in [0.5, 0.6) is 0 Å². The molecule has 0 radical (unpaired) electrons. The molecule has 1 fully saturated rings. The second-order valence-electron chi connectivity index (χ2n) is 8.49. The molecule has 3 aliphatic rings. The Labute approximate surface area is 177 Å². The number of aliphatic imine (C=N–C) groups is 1. The minimum atomic E-state index is 0.581. The Hall–Kier alpha value is -2.61. The molecule has 0 amide bonds. The minimum absolute atomic E-state index is 0.581. The molecule has 1 aromatic carbocycles. The first-order chi connectivity index (χ1) is 14.7. The molecule has 1 saturated heterocycles. The molecule has 7 heteroatoms. The van der Waals surface area contributed by atoms with Crippen molar-refractivity contribution in [2.75, 3.05) is 32.1 Å². The first-order valence-electron chi connectivity index (χ1n) is 10.8. The molecule has 4 heterocycles. The van der Waals surface area contributed by atoms with Crippen molar-refractivity contribution in [3.63, 3.8) is 0 Å². The summed E-state index contributed by atoms with van der Waals surface area (Å²) in [4.78, 5) is 14.0. The molecule has 156 valence electrons. The molecule has 0 spiro atoms. The molecule has 2 N–H and O–H groups in total. The van der Waals surface area contributed by atoms with E-state index < -0.39 is 0 Å². The van der Waals surface area contributed by atoms with Crippen LogP contribution in [0.15, 0.2) is 41.7 Å². The molecule has 30 heavy (non-hydrogen) atoms. The molecular weight excluding hydrogens is 376 g/mol. The Morgan fingerprint density at radius 2 is 2.00 bits per heavy atom. The van der Waals surface area contributed by atoms with Crippen LogP contribution < -0.4 is 15.1 Å². The van der Waals surface area contributed by atoms with Crippen LogP contribution >= 0.6 is 0 Å². The second-order valence-corrected chi connectivity index (χ2v) is 8.49. The monoisotopic (exact) mass is 405 g/mol. The highest BCUT2D eigenvalue weighted by Gasteiger charge is 2.24. The maximum atomic E-state index is 5.54. The van der Waals surface area contributed by atoms with Gasteiger partial charge in [0.2, 0.25) is 5.95 Å². The van der Waals surface area contributed by atoms with Crippen LogP contribution in [-0.2, 0) is 24.1 Å². The number of quaternary nitrogens is 1. The Bertz CT molecular complexity index is 950. The predicted molar refractivity (Wildman–Crippen MR) is 120 cm³/mol. The van der Waals surface area contributed by atoms with Gasteiger partial charge in [-0.05, 0) is 37.3 Å². The van der Waals surface area contributed by atoms with Gasteiger partial charge in [-0.1, -0.05) is 0 Å². The Kier molecular flexibility index (Phi) is 5.33. The van der Waals surface area contributed by atoms with Crippen molar-refractivity contribution in [2.45, 2.75) is 32.2 Å². The summed E-state index contributed by atoms with van der Waals surface area (Å²) in [6.45, 7) is 3.57. The van der Waals surface area contributed by atoms with Gasteiger partial charge in [-0.15, -0.1) is 0 Å². The van der Waals surface area contributed by atoms with Gasteiger partial charge in [0.1, 0.15) is 11.9 Å². The fourth-order valence-corrected chi connectivity index (χ4v) is 4.40. The van der Waals surface area contributed by atoms with E-state index in [1.807, 2.05) is 12.5 Å². The maximum Gasteiger partial charge on any atom is 0.227 e. The molecule has 7 nitrogen and oxygen atoms in total. The largest absolute Gasteiger partial charge is 0.381 e. The number of nitrogens with zero attached hydrogens (tertiary/aromatic N) is 4. The lowest BCUT2D eigenvalue weighted by Crippen LogP contribution is -2.35. The van der Waals surface area contributed by atoms with Crippen LogP contribution in [0.25, 0.3) is 0 Å². The third-order valence-corrected chi connectivity index (χ3v) is 6.29. The van der Waals surface area contributed by atoms with Gasteiger partial charge in [0.05, 0.1) is 24.6 Å². The molecule has 5 rings (SSSR count). The van der Waals surface area contributed by atoms with E-state index in [-0.39, 0.29) is 0 Å². The number of nitrogens with one attached hydrogen (secondary N) is 2. The molecule has 1 unspecified atom stereocenters. The zero-order valence-electron chi connectivity index (χ0n) is 17.5. The summed E-state index contributed by atoms with van der Waals surface area (Å²) in [7, 11) is 2.11. The lowest BCUT2D eigenvalue weighted by atomic mass is 9.91. The third kappa shape index (κ3) is 4.01. The van der Waals surface area contributed by atoms with Gasteiger partial charge >= 0.3 is 0 Å². The number of benzene rings is 1. The van der Waals surface area contributed by atoms with Crippen LogP contribution in [0.4, 0.5) is 17.3 Å². The zero-order chi connectivity index (χ0) is 20.4. The number of ether oxygens (including phenoxy) is 1. The van der Waals surface area contributed by atoms with Crippen molar-refractivity contribution in [1.29, 1.82) is 0 Å². The van der Waals surface area contributed by atoms with E-state index >= 15 is 0 Å². The van der Waals surface area contributed by atoms with E-state index in [0.717, 1.165) is 63.4 Å². The van der Waals surface area contributed by atoms with Gasteiger partial charge in [-0.2, -0.15) is 0 Å². The highest BCUT2D eigenvalue weighted by Crippen LogP contribution is 2.28. The van der Waals surface area contributed by atoms with Gasteiger partial charge < -0.3 is 15.4 Å². The SMILES string of the molecule is C[N+]1(c2ccc(Nc3nc4c(c(CC5CCOCC5)n3)CNCC4)cc2)C=CN=C1. The van der Waals surface area contributed by atoms with Crippen molar-refractivity contribution < 1.29 is 4.74 Å². The van der Waals surface area contributed by atoms with Crippen molar-refractivity contribution in [3.05, 3.63) is 53.6 Å². The minimum Gasteiger partial charge on any atom is -0.381 e. The summed E-state index contributed by atoms with van der Waals surface area (Å²) in [6, 6.07) is 8.41. The Balaban J connectivity index is 1.38. The smallest absolute Gasteiger partial charge is 0.227 e. The van der Waals surface area contributed by atoms with Crippen LogP contribution in [-0.4, -0.2) is 43.1 Å². The molecule has 1 atom stereocenters. The summed E-state index contributed by atoms with van der Waals surface area (Å²) >= 11 is 0. The number of aromatic nitrogens is 2. The molecule has 3 aliphatic heterocycles. The van der Waals surface area contributed by atoms with E-state index in [1.165, 1.54) is 17.0 Å². The van der Waals surface area contributed by atoms with Crippen molar-refractivity contribution in [3.8, 4) is 0 Å². The molecular formula is C23H29N6O+. The molecule has 0 aliphatic carbocycles. The van der Waals surface area contributed by atoms with E-state index in [0.29, 0.717) is 16.3 Å². The van der Waals surface area contributed by atoms with Crippen LogP contribution in [0.3, 0.4) is 0 Å². The van der Waals surface area contributed by atoms with Crippen molar-refractivity contribution >= 4 is 23.7 Å². The zero-order valence-corrected chi connectivity index (χ0v) is 17.5. The van der Waals surface area contributed by atoms with Crippen LogP contribution in [0, 0.1) is 5.92 Å². The molecule has 1 aromatic heterocycles. The summed E-state index contributed by atoms with van der Waals surface area (Å²) < 4.78 is 6.12. The van der Waals surface area contributed by atoms with E-state index in [1.54, 1.807) is 0 Å². The van der Waals surface area contributed by atoms with Gasteiger partial charge in [0.15, 0.2) is 6.34 Å². The molecule has 0 bridgehead atoms. The fraction of sp³-hybridized carbons (Fsp3) is 0.435. The first-order valence-corrected chi connectivity index (χ1v) is 10.8. The lowest BCUT2D eigenvalue weighted by molar-refractivity contribution is 0.0662. The topological polar surface area (TPSA) is 71.4 Å². The van der Waals surface area contributed by atoms with E-state index in [2.05, 4.69) is 53.1 Å². The summed E-state index contributed by atoms with van der Waals surface area (Å²) in [5.74, 6) is 1.35. The van der Waals surface area contributed by atoms with E-state index in [9.17, 15) is 0 Å². The standard InChI is InChI=1S/C23H29N6O/c1-29(11-10-25-16-29)19-4-2-18(3-5-19)26-23-27-21-6-9-24-15-20(21)22(28-23)14-17-7-12-30-13-8-17/h2-5,10-11,16-17,24H,6-9,12-15H2,1H3,(H,26,27,28)/q+1. The number of fused-ring (bicyclic) bond motifs is 1. The normalized spacial score (nSPS) is 23.5. The molecule has 0 saturated carbocycles. The fourth-order valence-electron chi connectivity index (χ4n) is 4.40. The Morgan fingerprint density at radius 3 is 2.77 bits per heavy atom. The third-order valence-electron chi connectivity index (χ3n) is 6.29. The highest BCUT2D eigenvalue weighted by molar-refractivity contribution is 5.78. The lowest BCUT2D eigenvalue weighted by Gasteiger charge is -2.25. The second kappa shape index (κ2) is 8.26. The first kappa shape index (κ1) is 19.4. The number of rotatable bonds is 5. The number of hydrogen-bond donors (Lipinski definition) is 2. The summed E-state index contributed by atoms with van der Waals surface area (Å²) in [5, 5.41) is 6.92. The average molecular weight is 406 g/mol. The van der Waals surface area contributed by atoms with Gasteiger partial charge in [-0.3, -0.25) is 0 Å². The molecule has 2 aromatic rings. The Morgan fingerprint density at radius 1 is 1.17 bits per heavy atom. The van der Waals surface area contributed by atoms with Crippen LogP contribution in [0.1, 0.15) is 29.8 Å². The van der Waals surface area contributed by atoms with Gasteiger partial charge in [0.25, 0.3) is 0 Å².